The first-order valence-corrected chi connectivity index (χ1v) is 22.4. The van der Waals surface area contributed by atoms with Crippen LogP contribution in [0.4, 0.5) is 0 Å². The number of fused-ring (bicyclic) bond motifs is 1. The summed E-state index contributed by atoms with van der Waals surface area (Å²) in [7, 11) is -1.53. The lowest BCUT2D eigenvalue weighted by Crippen LogP contribution is -2.68. The zero-order valence-electron chi connectivity index (χ0n) is 31.8. The lowest BCUT2D eigenvalue weighted by molar-refractivity contribution is -0.354. The predicted octanol–water partition coefficient (Wildman–Crippen LogP) is 4.32. The van der Waals surface area contributed by atoms with E-state index in [2.05, 4.69) is 19.6 Å². The molecule has 296 valence electrons. The molecule has 0 spiro atoms. The van der Waals surface area contributed by atoms with Gasteiger partial charge in [-0.2, -0.15) is 0 Å². The van der Waals surface area contributed by atoms with Crippen molar-refractivity contribution in [2.24, 2.45) is 0 Å². The van der Waals surface area contributed by atoms with Gasteiger partial charge in [0, 0.05) is 21.6 Å². The normalized spacial score (nSPS) is 29.6. The molecule has 2 N–H and O–H groups in total. The minimum atomic E-state index is -1.73. The summed E-state index contributed by atoms with van der Waals surface area (Å²) in [6.07, 6.45) is -11.1. The number of amides is 2. The van der Waals surface area contributed by atoms with Gasteiger partial charge in [-0.05, 0) is 36.2 Å². The second-order valence-electron chi connectivity index (χ2n) is 15.4. The monoisotopic (exact) mass is 777 g/mol. The summed E-state index contributed by atoms with van der Waals surface area (Å²) in [5, 5.41) is 23.3. The summed E-state index contributed by atoms with van der Waals surface area (Å²) < 4.78 is 44.2. The third kappa shape index (κ3) is 9.77. The minimum Gasteiger partial charge on any atom is -0.457 e. The lowest BCUT2D eigenvalue weighted by Gasteiger charge is -2.49. The molecule has 3 aliphatic rings. The van der Waals surface area contributed by atoms with Gasteiger partial charge in [0.05, 0.1) is 37.1 Å². The Balaban J connectivity index is 1.36. The number of nitrogens with zero attached hydrogens (tertiary/aromatic N) is 1. The number of esters is 1. The number of ether oxygens (including phenoxy) is 7. The first-order valence-electron chi connectivity index (χ1n) is 18.7. The molecule has 0 radical (unpaired) electrons. The van der Waals surface area contributed by atoms with Crippen LogP contribution in [0.25, 0.3) is 0 Å². The molecular formula is C41H51NO12Si. The van der Waals surface area contributed by atoms with Gasteiger partial charge in [-0.3, -0.25) is 19.3 Å². The molecule has 6 rings (SSSR count). The van der Waals surface area contributed by atoms with Crippen molar-refractivity contribution in [3.8, 4) is 0 Å². The number of rotatable bonds is 15. The highest BCUT2D eigenvalue weighted by Gasteiger charge is 2.57. The van der Waals surface area contributed by atoms with Crippen molar-refractivity contribution in [2.75, 3.05) is 13.2 Å². The Morgan fingerprint density at radius 2 is 1.33 bits per heavy atom. The number of aliphatic hydroxyl groups excluding tert-OH is 2. The van der Waals surface area contributed by atoms with E-state index in [0.29, 0.717) is 6.61 Å². The zero-order valence-corrected chi connectivity index (χ0v) is 32.8. The summed E-state index contributed by atoms with van der Waals surface area (Å²) in [5.74, 6) is -1.98. The van der Waals surface area contributed by atoms with Crippen molar-refractivity contribution in [1.82, 2.24) is 4.90 Å². The van der Waals surface area contributed by atoms with Crippen LogP contribution in [0, 0.1) is 0 Å². The van der Waals surface area contributed by atoms with E-state index >= 15 is 0 Å². The topological polar surface area (TPSA) is 160 Å². The number of imide groups is 1. The van der Waals surface area contributed by atoms with E-state index in [-0.39, 0.29) is 30.9 Å². The average Bonchev–Trinajstić information content (AvgIpc) is 3.40. The quantitative estimate of drug-likeness (QED) is 0.128. The Labute approximate surface area is 322 Å². The van der Waals surface area contributed by atoms with E-state index in [1.165, 1.54) is 19.1 Å². The fourth-order valence-electron chi connectivity index (χ4n) is 6.98. The third-order valence-corrected chi connectivity index (χ3v) is 11.6. The van der Waals surface area contributed by atoms with Gasteiger partial charge in [0.15, 0.2) is 18.7 Å². The maximum atomic E-state index is 13.9. The van der Waals surface area contributed by atoms with Gasteiger partial charge in [0.1, 0.15) is 36.6 Å². The molecule has 2 saturated heterocycles. The Hall–Kier alpha value is -3.83. The number of hydrogen-bond donors (Lipinski definition) is 2. The average molecular weight is 778 g/mol. The number of hydrogen-bond acceptors (Lipinski definition) is 12. The number of carbonyl (C=O) groups is 3. The summed E-state index contributed by atoms with van der Waals surface area (Å²) >= 11 is 0. The van der Waals surface area contributed by atoms with Crippen molar-refractivity contribution in [3.63, 3.8) is 0 Å². The lowest BCUT2D eigenvalue weighted by atomic mass is 9.94. The van der Waals surface area contributed by atoms with Gasteiger partial charge >= 0.3 is 5.97 Å². The van der Waals surface area contributed by atoms with Crippen LogP contribution in [0.3, 0.4) is 0 Å². The molecule has 13 nitrogen and oxygen atoms in total. The number of aliphatic hydroxyl groups is 2. The standard InChI is InChI=1S/C41H51NO12Si/c1-25-35(52-26(2)43)36(37(50-23-28-16-10-7-11-17-28)41(51-25)49-20-21-55(3,4)5)54-40-32(42-38(46)29-18-12-13-19-30(29)39(42)47)34(45)33(44)31(53-40)24-48-22-27-14-8-6-9-15-27/h6-19,25,31-37,40-41,44-45H,20-24H2,1-5H3/t25-,31+,32+,33+,34+,35+,36+,37-,40-,41+/m0/s1. The molecular weight excluding hydrogens is 727 g/mol. The van der Waals surface area contributed by atoms with Gasteiger partial charge in [-0.15, -0.1) is 0 Å². The summed E-state index contributed by atoms with van der Waals surface area (Å²) in [6.45, 7) is 10.2. The van der Waals surface area contributed by atoms with Crippen LogP contribution < -0.4 is 0 Å². The fraction of sp³-hybridized carbons (Fsp3) is 0.488. The van der Waals surface area contributed by atoms with Crippen molar-refractivity contribution in [2.45, 2.75) is 114 Å². The summed E-state index contributed by atoms with van der Waals surface area (Å²) in [6, 6.07) is 24.4. The SMILES string of the molecule is CC(=O)O[C@H]1[C@@H](O[C@@H]2O[C@H](COCc3ccccc3)[C@@H](O)[C@H](O)[C@H]2N2C(=O)c3ccccc3C2=O)[C@H](OCc2ccccc2)[C@H](OCC[Si](C)(C)C)O[C@H]1C. The van der Waals surface area contributed by atoms with Crippen molar-refractivity contribution in [1.29, 1.82) is 0 Å². The maximum Gasteiger partial charge on any atom is 0.303 e. The molecule has 55 heavy (non-hydrogen) atoms. The highest BCUT2D eigenvalue weighted by atomic mass is 28.3. The van der Waals surface area contributed by atoms with Crippen LogP contribution in [-0.2, 0) is 51.2 Å². The van der Waals surface area contributed by atoms with Crippen molar-refractivity contribution >= 4 is 25.9 Å². The molecule has 0 unspecified atom stereocenters. The Kier molecular flexibility index (Phi) is 13.3. The van der Waals surface area contributed by atoms with Gasteiger partial charge in [0.25, 0.3) is 11.8 Å². The predicted molar refractivity (Wildman–Crippen MR) is 201 cm³/mol. The first kappa shape index (κ1) is 40.8. The van der Waals surface area contributed by atoms with Crippen LogP contribution in [0.2, 0.25) is 25.7 Å². The van der Waals surface area contributed by atoms with E-state index in [1.807, 2.05) is 60.7 Å². The Morgan fingerprint density at radius 3 is 1.91 bits per heavy atom. The smallest absolute Gasteiger partial charge is 0.303 e. The molecule has 2 fully saturated rings. The third-order valence-electron chi connectivity index (χ3n) is 9.93. The van der Waals surface area contributed by atoms with Crippen LogP contribution in [0.5, 0.6) is 0 Å². The van der Waals surface area contributed by atoms with E-state index in [0.717, 1.165) is 22.1 Å². The molecule has 3 aromatic rings. The summed E-state index contributed by atoms with van der Waals surface area (Å²) in [5.41, 5.74) is 2.00. The minimum absolute atomic E-state index is 0.106. The summed E-state index contributed by atoms with van der Waals surface area (Å²) in [4.78, 5) is 41.2. The second-order valence-corrected chi connectivity index (χ2v) is 21.0. The molecule has 3 aliphatic heterocycles. The molecule has 3 heterocycles. The van der Waals surface area contributed by atoms with Crippen LogP contribution in [0.15, 0.2) is 84.9 Å². The fourth-order valence-corrected chi connectivity index (χ4v) is 7.71. The molecule has 10 atom stereocenters. The highest BCUT2D eigenvalue weighted by molar-refractivity contribution is 6.76. The molecule has 2 amide bonds. The van der Waals surface area contributed by atoms with Gasteiger partial charge in [-0.1, -0.05) is 92.4 Å². The molecule has 0 bridgehead atoms. The molecule has 3 aromatic carbocycles. The van der Waals surface area contributed by atoms with Crippen molar-refractivity contribution in [3.05, 3.63) is 107 Å². The van der Waals surface area contributed by atoms with E-state index in [9.17, 15) is 24.6 Å². The van der Waals surface area contributed by atoms with Gasteiger partial charge in [0.2, 0.25) is 0 Å². The molecule has 0 saturated carbocycles. The van der Waals surface area contributed by atoms with E-state index in [1.54, 1.807) is 19.1 Å². The van der Waals surface area contributed by atoms with Crippen molar-refractivity contribution < 1.29 is 57.8 Å². The van der Waals surface area contributed by atoms with Crippen LogP contribution in [0.1, 0.15) is 45.7 Å². The van der Waals surface area contributed by atoms with Gasteiger partial charge in [-0.25, -0.2) is 0 Å². The van der Waals surface area contributed by atoms with E-state index in [4.69, 9.17) is 33.2 Å². The Bertz CT molecular complexity index is 1720. The van der Waals surface area contributed by atoms with Gasteiger partial charge < -0.3 is 43.4 Å². The second kappa shape index (κ2) is 18.0. The largest absolute Gasteiger partial charge is 0.457 e. The maximum absolute atomic E-state index is 13.9. The van der Waals surface area contributed by atoms with Crippen LogP contribution in [-0.4, -0.2) is 116 Å². The molecule has 14 heteroatoms. The number of carbonyl (C=O) groups excluding carboxylic acids is 3. The number of benzene rings is 3. The highest BCUT2D eigenvalue weighted by Crippen LogP contribution is 2.37. The zero-order chi connectivity index (χ0) is 39.3. The first-order chi connectivity index (χ1) is 26.3. The van der Waals surface area contributed by atoms with Crippen LogP contribution >= 0.6 is 0 Å². The molecule has 0 aromatic heterocycles. The Morgan fingerprint density at radius 1 is 0.745 bits per heavy atom. The van der Waals surface area contributed by atoms with E-state index < -0.39 is 87.2 Å². The molecule has 0 aliphatic carbocycles.